The molecule has 0 radical (unpaired) electrons. The minimum absolute atomic E-state index is 0.0442. The van der Waals surface area contributed by atoms with Gasteiger partial charge in [0.15, 0.2) is 0 Å². The van der Waals surface area contributed by atoms with Gasteiger partial charge in [-0.1, -0.05) is 24.2 Å². The first-order valence-corrected chi connectivity index (χ1v) is 9.89. The first-order valence-electron chi connectivity index (χ1n) is 8.45. The first-order chi connectivity index (χ1) is 13.0. The van der Waals surface area contributed by atoms with Crippen LogP contribution in [0.25, 0.3) is 11.4 Å². The molecule has 9 heteroatoms. The van der Waals surface area contributed by atoms with Crippen molar-refractivity contribution in [3.63, 3.8) is 0 Å². The second-order valence-electron chi connectivity index (χ2n) is 6.53. The van der Waals surface area contributed by atoms with Crippen molar-refractivity contribution in [2.24, 2.45) is 5.92 Å². The van der Waals surface area contributed by atoms with E-state index >= 15 is 0 Å². The zero-order valence-corrected chi connectivity index (χ0v) is 15.3. The van der Waals surface area contributed by atoms with Crippen molar-refractivity contribution in [1.29, 1.82) is 0 Å². The highest BCUT2D eigenvalue weighted by Crippen LogP contribution is 2.35. The summed E-state index contributed by atoms with van der Waals surface area (Å²) in [4.78, 5) is 8.05. The fourth-order valence-corrected chi connectivity index (χ4v) is 4.87. The fraction of sp³-hybridized carbons (Fsp3) is 0.278. The summed E-state index contributed by atoms with van der Waals surface area (Å²) in [6, 6.07) is 8.91. The van der Waals surface area contributed by atoms with Gasteiger partial charge in [-0.15, -0.1) is 0 Å². The standard InChI is InChI=1S/C18H17FN4O3S/c1-12-10-23(27(24,25)16-5-3-2-4-15(16)19)11-14(12)18-21-17(22-26-18)13-6-8-20-9-7-13/h2-9,12,14H,10-11H2,1H3. The van der Waals surface area contributed by atoms with Gasteiger partial charge in [-0.2, -0.15) is 9.29 Å². The average molecular weight is 388 g/mol. The summed E-state index contributed by atoms with van der Waals surface area (Å²) in [7, 11) is -3.93. The molecule has 7 nitrogen and oxygen atoms in total. The largest absolute Gasteiger partial charge is 0.339 e. The molecule has 1 saturated heterocycles. The highest BCUT2D eigenvalue weighted by molar-refractivity contribution is 7.89. The third kappa shape index (κ3) is 3.24. The molecule has 0 spiro atoms. The van der Waals surface area contributed by atoms with Crippen LogP contribution in [0.1, 0.15) is 18.7 Å². The van der Waals surface area contributed by atoms with Crippen LogP contribution in [0.15, 0.2) is 58.2 Å². The van der Waals surface area contributed by atoms with Crippen LogP contribution >= 0.6 is 0 Å². The Bertz CT molecular complexity index is 1060. The molecule has 0 saturated carbocycles. The van der Waals surface area contributed by atoms with Crippen LogP contribution in [0.2, 0.25) is 0 Å². The maximum absolute atomic E-state index is 14.0. The molecule has 1 fully saturated rings. The zero-order valence-electron chi connectivity index (χ0n) is 14.5. The first kappa shape index (κ1) is 17.7. The molecule has 3 heterocycles. The van der Waals surface area contributed by atoms with E-state index in [2.05, 4.69) is 15.1 Å². The van der Waals surface area contributed by atoms with Crippen LogP contribution in [-0.2, 0) is 10.0 Å². The van der Waals surface area contributed by atoms with Gasteiger partial charge < -0.3 is 4.52 Å². The monoisotopic (exact) mass is 388 g/mol. The summed E-state index contributed by atoms with van der Waals surface area (Å²) in [5, 5.41) is 3.98. The Hall–Kier alpha value is -2.65. The molecule has 1 aromatic carbocycles. The number of sulfonamides is 1. The van der Waals surface area contributed by atoms with Crippen LogP contribution < -0.4 is 0 Å². The Morgan fingerprint density at radius 3 is 2.63 bits per heavy atom. The predicted molar refractivity (Wildman–Crippen MR) is 94.6 cm³/mol. The van der Waals surface area contributed by atoms with Gasteiger partial charge in [0.1, 0.15) is 10.7 Å². The number of rotatable bonds is 4. The van der Waals surface area contributed by atoms with E-state index in [1.165, 1.54) is 22.5 Å². The molecule has 0 N–H and O–H groups in total. The van der Waals surface area contributed by atoms with E-state index in [0.29, 0.717) is 11.7 Å². The van der Waals surface area contributed by atoms with E-state index < -0.39 is 15.8 Å². The van der Waals surface area contributed by atoms with Crippen LogP contribution in [-0.4, -0.2) is 40.9 Å². The van der Waals surface area contributed by atoms with Crippen molar-refractivity contribution in [3.05, 3.63) is 60.5 Å². The van der Waals surface area contributed by atoms with Gasteiger partial charge in [0.05, 0.1) is 5.92 Å². The normalized spacial score (nSPS) is 20.8. The Balaban J connectivity index is 1.59. The lowest BCUT2D eigenvalue weighted by molar-refractivity contribution is 0.338. The maximum atomic E-state index is 14.0. The molecule has 3 aromatic rings. The van der Waals surface area contributed by atoms with Gasteiger partial charge >= 0.3 is 0 Å². The lowest BCUT2D eigenvalue weighted by atomic mass is 9.98. The molecule has 1 aliphatic heterocycles. The molecule has 0 aliphatic carbocycles. The Labute approximate surface area is 155 Å². The van der Waals surface area contributed by atoms with Crippen molar-refractivity contribution >= 4 is 10.0 Å². The fourth-order valence-electron chi connectivity index (χ4n) is 3.24. The van der Waals surface area contributed by atoms with Crippen molar-refractivity contribution in [1.82, 2.24) is 19.4 Å². The topological polar surface area (TPSA) is 89.2 Å². The number of hydrogen-bond donors (Lipinski definition) is 0. The van der Waals surface area contributed by atoms with Crippen molar-refractivity contribution in [3.8, 4) is 11.4 Å². The van der Waals surface area contributed by atoms with E-state index in [9.17, 15) is 12.8 Å². The smallest absolute Gasteiger partial charge is 0.246 e. The molecule has 0 bridgehead atoms. The van der Waals surface area contributed by atoms with Crippen LogP contribution in [0.4, 0.5) is 4.39 Å². The average Bonchev–Trinajstić information content (AvgIpc) is 3.29. The van der Waals surface area contributed by atoms with Crippen LogP contribution in [0.5, 0.6) is 0 Å². The summed E-state index contributed by atoms with van der Waals surface area (Å²) in [5.74, 6) is -0.256. The minimum Gasteiger partial charge on any atom is -0.339 e. The number of aromatic nitrogens is 3. The lowest BCUT2D eigenvalue weighted by Gasteiger charge is -2.16. The highest BCUT2D eigenvalue weighted by Gasteiger charge is 2.41. The lowest BCUT2D eigenvalue weighted by Crippen LogP contribution is -2.29. The Kier molecular flexibility index (Phi) is 4.48. The predicted octanol–water partition coefficient (Wildman–Crippen LogP) is 2.69. The molecule has 2 aromatic heterocycles. The molecular weight excluding hydrogens is 371 g/mol. The Morgan fingerprint density at radius 2 is 1.89 bits per heavy atom. The third-order valence-corrected chi connectivity index (χ3v) is 6.60. The summed E-state index contributed by atoms with van der Waals surface area (Å²) in [6.07, 6.45) is 3.26. The number of hydrogen-bond acceptors (Lipinski definition) is 6. The van der Waals surface area contributed by atoms with Crippen LogP contribution in [0.3, 0.4) is 0 Å². The van der Waals surface area contributed by atoms with Crippen molar-refractivity contribution in [2.75, 3.05) is 13.1 Å². The minimum atomic E-state index is -3.93. The van der Waals surface area contributed by atoms with Gasteiger partial charge in [-0.3, -0.25) is 4.98 Å². The summed E-state index contributed by atoms with van der Waals surface area (Å²) in [6.45, 7) is 2.34. The number of halogens is 1. The zero-order chi connectivity index (χ0) is 19.0. The number of benzene rings is 1. The summed E-state index contributed by atoms with van der Waals surface area (Å²) < 4.78 is 46.3. The third-order valence-electron chi connectivity index (χ3n) is 4.73. The molecule has 4 rings (SSSR count). The molecule has 1 aliphatic rings. The summed E-state index contributed by atoms with van der Waals surface area (Å²) in [5.41, 5.74) is 0.765. The van der Waals surface area contributed by atoms with E-state index in [0.717, 1.165) is 11.6 Å². The van der Waals surface area contributed by atoms with Gasteiger partial charge in [0, 0.05) is 31.0 Å². The maximum Gasteiger partial charge on any atom is 0.246 e. The van der Waals surface area contributed by atoms with Crippen molar-refractivity contribution < 1.29 is 17.3 Å². The van der Waals surface area contributed by atoms with Gasteiger partial charge in [-0.25, -0.2) is 12.8 Å². The molecule has 140 valence electrons. The number of nitrogens with zero attached hydrogens (tertiary/aromatic N) is 4. The van der Waals surface area contributed by atoms with Crippen LogP contribution in [0, 0.1) is 11.7 Å². The number of pyridine rings is 1. The SMILES string of the molecule is CC1CN(S(=O)(=O)c2ccccc2F)CC1c1nc(-c2ccncc2)no1. The molecule has 0 amide bonds. The second kappa shape index (κ2) is 6.82. The molecule has 2 atom stereocenters. The molecular formula is C18H17FN4O3S. The van der Waals surface area contributed by atoms with Gasteiger partial charge in [-0.05, 0) is 30.2 Å². The summed E-state index contributed by atoms with van der Waals surface area (Å²) >= 11 is 0. The van der Waals surface area contributed by atoms with Gasteiger partial charge in [0.25, 0.3) is 0 Å². The van der Waals surface area contributed by atoms with E-state index in [1.807, 2.05) is 6.92 Å². The van der Waals surface area contributed by atoms with E-state index in [-0.39, 0.29) is 29.8 Å². The Morgan fingerprint density at radius 1 is 1.15 bits per heavy atom. The van der Waals surface area contributed by atoms with E-state index in [1.54, 1.807) is 24.5 Å². The van der Waals surface area contributed by atoms with Crippen molar-refractivity contribution in [2.45, 2.75) is 17.7 Å². The molecule has 2 unspecified atom stereocenters. The highest BCUT2D eigenvalue weighted by atomic mass is 32.2. The quantitative estimate of drug-likeness (QED) is 0.683. The molecule has 27 heavy (non-hydrogen) atoms. The van der Waals surface area contributed by atoms with E-state index in [4.69, 9.17) is 4.52 Å². The second-order valence-corrected chi connectivity index (χ2v) is 8.43. The van der Waals surface area contributed by atoms with Gasteiger partial charge in [0.2, 0.25) is 21.7 Å².